The van der Waals surface area contributed by atoms with E-state index in [0.717, 1.165) is 11.8 Å². The van der Waals surface area contributed by atoms with Crippen molar-refractivity contribution in [3.05, 3.63) is 58.9 Å². The zero-order valence-corrected chi connectivity index (χ0v) is 21.3. The van der Waals surface area contributed by atoms with E-state index in [9.17, 15) is 34.2 Å². The number of halogens is 1. The van der Waals surface area contributed by atoms with Crippen molar-refractivity contribution in [2.75, 3.05) is 19.4 Å². The number of amides is 1. The minimum absolute atomic E-state index is 0.0144. The summed E-state index contributed by atoms with van der Waals surface area (Å²) in [4.78, 5) is 67.1. The van der Waals surface area contributed by atoms with Gasteiger partial charge in [0.25, 0.3) is 0 Å². The van der Waals surface area contributed by atoms with E-state index < -0.39 is 75.9 Å². The van der Waals surface area contributed by atoms with Crippen molar-refractivity contribution in [3.8, 4) is 5.75 Å². The van der Waals surface area contributed by atoms with Gasteiger partial charge < -0.3 is 21.3 Å². The highest BCUT2D eigenvalue weighted by molar-refractivity contribution is 6.32. The molecule has 0 aromatic heterocycles. The van der Waals surface area contributed by atoms with Crippen LogP contribution in [0.3, 0.4) is 0 Å². The molecule has 2 aromatic carbocycles. The first kappa shape index (κ1) is 26.6. The highest BCUT2D eigenvalue weighted by Crippen LogP contribution is 2.51. The number of nitrogens with zero attached hydrogens (tertiary/aromatic N) is 1. The average molecular weight is 538 g/mol. The van der Waals surface area contributed by atoms with Gasteiger partial charge in [-0.3, -0.25) is 28.9 Å². The number of aromatic hydroxyl groups is 1. The number of primary amides is 1. The van der Waals surface area contributed by atoms with Crippen LogP contribution in [0.4, 0.5) is 10.1 Å². The average Bonchev–Trinajstić information content (AvgIpc) is 2.87. The highest BCUT2D eigenvalue weighted by Gasteiger charge is 2.69. The van der Waals surface area contributed by atoms with Crippen molar-refractivity contribution in [1.82, 2.24) is 4.90 Å². The molecule has 0 aliphatic heterocycles. The van der Waals surface area contributed by atoms with Crippen molar-refractivity contribution >= 4 is 34.7 Å². The molecule has 3 aliphatic carbocycles. The summed E-state index contributed by atoms with van der Waals surface area (Å²) in [6.07, 6.45) is -0.277. The Morgan fingerprint density at radius 2 is 1.82 bits per heavy atom. The predicted octanol–water partition coefficient (Wildman–Crippen LogP) is 0.618. The van der Waals surface area contributed by atoms with Crippen LogP contribution in [0.15, 0.2) is 36.4 Å². The monoisotopic (exact) mass is 537 g/mol. The summed E-state index contributed by atoms with van der Waals surface area (Å²) in [5.41, 5.74) is 2.88. The summed E-state index contributed by atoms with van der Waals surface area (Å²) in [5, 5.41) is 25.4. The van der Waals surface area contributed by atoms with Crippen molar-refractivity contribution < 1.29 is 38.6 Å². The van der Waals surface area contributed by atoms with Gasteiger partial charge in [-0.25, -0.2) is 4.39 Å². The molecule has 11 heteroatoms. The molecule has 10 nitrogen and oxygen atoms in total. The maximum absolute atomic E-state index is 15.7. The standard InChI is InChI=1S/C28H28FN3O7/c1-32(2)22-16-9-12-8-15-19(17(33)10-13(21(15)29)11-31-14-6-4-3-5-7-14)23(34)18(12)25(36)28(16,39)26(37)20(24(22)35)27(30)38/h3-7,10,12,16,18,20,22,31,33,39H,8-9,11H2,1-2H3,(H2,30,38)/t12-,16-,18?,20?,22-,28-/m0/s1. The van der Waals surface area contributed by atoms with Gasteiger partial charge in [0.1, 0.15) is 11.6 Å². The third-order valence-corrected chi connectivity index (χ3v) is 8.33. The maximum Gasteiger partial charge on any atom is 0.235 e. The lowest BCUT2D eigenvalue weighted by Gasteiger charge is -2.52. The number of para-hydroxylation sites is 1. The van der Waals surface area contributed by atoms with Crippen LogP contribution in [0.2, 0.25) is 0 Å². The second-order valence-electron chi connectivity index (χ2n) is 10.7. The van der Waals surface area contributed by atoms with Gasteiger partial charge in [-0.2, -0.15) is 0 Å². The number of carbonyl (C=O) groups is 5. The molecule has 2 aromatic rings. The molecule has 204 valence electrons. The van der Waals surface area contributed by atoms with Crippen LogP contribution in [-0.2, 0) is 32.1 Å². The normalized spacial score (nSPS) is 30.0. The molecular formula is C28H28FN3O7. The summed E-state index contributed by atoms with van der Waals surface area (Å²) in [6.45, 7) is 0.0144. The Bertz CT molecular complexity index is 1430. The molecule has 5 N–H and O–H groups in total. The smallest absolute Gasteiger partial charge is 0.235 e. The first-order valence-electron chi connectivity index (χ1n) is 12.6. The second kappa shape index (κ2) is 9.35. The van der Waals surface area contributed by atoms with Crippen molar-refractivity contribution in [2.45, 2.75) is 31.0 Å². The fourth-order valence-corrected chi connectivity index (χ4v) is 6.59. The number of rotatable bonds is 5. The number of ketones is 4. The van der Waals surface area contributed by atoms with E-state index in [0.29, 0.717) is 0 Å². The van der Waals surface area contributed by atoms with Crippen molar-refractivity contribution in [2.24, 2.45) is 29.4 Å². The SMILES string of the molecule is CN(C)[C@@H]1C(=O)C(C(N)=O)C(=O)[C@@]2(O)C(=O)C3C(=O)c4c(O)cc(CNc5ccccc5)c(F)c4C[C@H]3C[C@@H]12. The van der Waals surface area contributed by atoms with Crippen LogP contribution in [0.1, 0.15) is 27.9 Å². The largest absolute Gasteiger partial charge is 0.507 e. The van der Waals surface area contributed by atoms with Gasteiger partial charge in [0.15, 0.2) is 34.7 Å². The molecule has 3 aliphatic rings. The Hall–Kier alpha value is -3.96. The lowest BCUT2D eigenvalue weighted by molar-refractivity contribution is -0.181. The van der Waals surface area contributed by atoms with Crippen molar-refractivity contribution in [3.63, 3.8) is 0 Å². The van der Waals surface area contributed by atoms with E-state index in [1.807, 2.05) is 6.07 Å². The van der Waals surface area contributed by atoms with E-state index in [-0.39, 0.29) is 36.1 Å². The van der Waals surface area contributed by atoms with Crippen LogP contribution >= 0.6 is 0 Å². The number of hydrogen-bond donors (Lipinski definition) is 4. The first-order valence-corrected chi connectivity index (χ1v) is 12.6. The van der Waals surface area contributed by atoms with Gasteiger partial charge in [-0.05, 0) is 51.1 Å². The number of carbonyl (C=O) groups excluding carboxylic acids is 5. The second-order valence-corrected chi connectivity index (χ2v) is 10.7. The number of hydrogen-bond acceptors (Lipinski definition) is 9. The van der Waals surface area contributed by atoms with Gasteiger partial charge in [-0.15, -0.1) is 0 Å². The molecule has 0 heterocycles. The number of nitrogens with two attached hydrogens (primary N) is 1. The molecule has 0 radical (unpaired) electrons. The minimum Gasteiger partial charge on any atom is -0.507 e. The third-order valence-electron chi connectivity index (χ3n) is 8.33. The molecule has 2 saturated carbocycles. The maximum atomic E-state index is 15.7. The molecule has 1 amide bonds. The number of aliphatic hydroxyl groups is 1. The van der Waals surface area contributed by atoms with Crippen LogP contribution in [0, 0.1) is 29.5 Å². The molecule has 0 spiro atoms. The quantitative estimate of drug-likeness (QED) is 0.400. The molecule has 2 unspecified atom stereocenters. The van der Waals surface area contributed by atoms with E-state index in [1.54, 1.807) is 24.3 Å². The third kappa shape index (κ3) is 3.87. The number of benzene rings is 2. The van der Waals surface area contributed by atoms with Gasteiger partial charge >= 0.3 is 0 Å². The zero-order chi connectivity index (χ0) is 28.4. The number of phenolic OH excluding ortho intramolecular Hbond substituents is 1. The zero-order valence-electron chi connectivity index (χ0n) is 21.3. The summed E-state index contributed by atoms with van der Waals surface area (Å²) in [7, 11) is 3.00. The summed E-state index contributed by atoms with van der Waals surface area (Å²) < 4.78 is 15.7. The summed E-state index contributed by atoms with van der Waals surface area (Å²) in [6, 6.07) is 8.90. The Morgan fingerprint density at radius 3 is 2.44 bits per heavy atom. The van der Waals surface area contributed by atoms with Crippen molar-refractivity contribution in [1.29, 1.82) is 0 Å². The fraction of sp³-hybridized carbons (Fsp3) is 0.393. The van der Waals surface area contributed by atoms with Gasteiger partial charge in [0.2, 0.25) is 5.91 Å². The molecular weight excluding hydrogens is 509 g/mol. The first-order chi connectivity index (χ1) is 18.4. The Balaban J connectivity index is 1.55. The Kier molecular flexibility index (Phi) is 6.39. The molecule has 0 bridgehead atoms. The number of likely N-dealkylation sites (N-methyl/N-ethyl adjacent to an activating group) is 1. The fourth-order valence-electron chi connectivity index (χ4n) is 6.59. The lowest BCUT2D eigenvalue weighted by Crippen LogP contribution is -2.74. The highest BCUT2D eigenvalue weighted by atomic mass is 19.1. The van der Waals surface area contributed by atoms with Crippen LogP contribution in [0.25, 0.3) is 0 Å². The van der Waals surface area contributed by atoms with E-state index in [4.69, 9.17) is 5.73 Å². The molecule has 6 atom stereocenters. The Labute approximate surface area is 223 Å². The van der Waals surface area contributed by atoms with Crippen LogP contribution in [0.5, 0.6) is 5.75 Å². The minimum atomic E-state index is -2.81. The van der Waals surface area contributed by atoms with E-state index in [2.05, 4.69) is 5.32 Å². The number of fused-ring (bicyclic) bond motifs is 3. The van der Waals surface area contributed by atoms with E-state index in [1.165, 1.54) is 19.0 Å². The molecule has 0 saturated heterocycles. The molecule has 5 rings (SSSR count). The number of phenols is 1. The summed E-state index contributed by atoms with van der Waals surface area (Å²) >= 11 is 0. The molecule has 39 heavy (non-hydrogen) atoms. The molecule has 2 fully saturated rings. The van der Waals surface area contributed by atoms with E-state index >= 15 is 4.39 Å². The number of Topliss-reactive ketones (excluding diaryl/α,β-unsaturated/α-hetero) is 4. The van der Waals surface area contributed by atoms with Crippen LogP contribution in [-0.4, -0.2) is 69.9 Å². The number of nitrogens with one attached hydrogen (secondary N) is 1. The topological polar surface area (TPSA) is 167 Å². The van der Waals surface area contributed by atoms with Gasteiger partial charge in [0.05, 0.1) is 17.5 Å². The van der Waals surface area contributed by atoms with Gasteiger partial charge in [0, 0.05) is 29.3 Å². The summed E-state index contributed by atoms with van der Waals surface area (Å²) in [5.74, 6) is -12.5. The van der Waals surface area contributed by atoms with Gasteiger partial charge in [-0.1, -0.05) is 18.2 Å². The van der Waals surface area contributed by atoms with Crippen LogP contribution < -0.4 is 11.1 Å². The Morgan fingerprint density at radius 1 is 1.15 bits per heavy atom. The number of anilines is 1. The predicted molar refractivity (Wildman–Crippen MR) is 135 cm³/mol. The lowest BCUT2D eigenvalue weighted by atomic mass is 9.52.